The van der Waals surface area contributed by atoms with Crippen LogP contribution >= 0.6 is 34.5 Å². The molecule has 3 heterocycles. The topological polar surface area (TPSA) is 74.3 Å². The monoisotopic (exact) mass is 615 g/mol. The minimum absolute atomic E-state index is 0.260. The van der Waals surface area contributed by atoms with E-state index < -0.39 is 0 Å². The average Bonchev–Trinajstić information content (AvgIpc) is 3.69. The molecule has 10 heteroatoms. The summed E-state index contributed by atoms with van der Waals surface area (Å²) in [5.41, 5.74) is 3.74. The summed E-state index contributed by atoms with van der Waals surface area (Å²) in [6.07, 6.45) is 8.41. The van der Waals surface area contributed by atoms with Crippen molar-refractivity contribution < 1.29 is 4.74 Å². The Bertz CT molecular complexity index is 1950. The summed E-state index contributed by atoms with van der Waals surface area (Å²) >= 11 is 13.6. The smallest absolute Gasteiger partial charge is 0.291 e. The fourth-order valence-corrected chi connectivity index (χ4v) is 6.01. The Balaban J connectivity index is 1.35. The zero-order valence-corrected chi connectivity index (χ0v) is 25.2. The molecule has 0 amide bonds. The van der Waals surface area contributed by atoms with Crippen LogP contribution in [0.25, 0.3) is 39.4 Å². The molecule has 6 rings (SSSR count). The number of para-hydroxylation sites is 1. The number of aromatic nitrogens is 5. The fraction of sp³-hybridized carbons (Fsp3) is 0.188. The van der Waals surface area contributed by atoms with E-state index in [1.165, 1.54) is 35.1 Å². The molecule has 7 nitrogen and oxygen atoms in total. The van der Waals surface area contributed by atoms with E-state index in [1.54, 1.807) is 18.2 Å². The highest BCUT2D eigenvalue weighted by atomic mass is 35.5. The van der Waals surface area contributed by atoms with Crippen molar-refractivity contribution in [2.45, 2.75) is 32.6 Å². The lowest BCUT2D eigenvalue weighted by molar-refractivity contribution is 0.305. The van der Waals surface area contributed by atoms with Crippen LogP contribution in [0.5, 0.6) is 5.75 Å². The summed E-state index contributed by atoms with van der Waals surface area (Å²) in [4.78, 5) is 18.4. The van der Waals surface area contributed by atoms with Crippen molar-refractivity contribution in [2.24, 2.45) is 0 Å². The van der Waals surface area contributed by atoms with Crippen molar-refractivity contribution >= 4 is 45.6 Å². The quantitative estimate of drug-likeness (QED) is 0.149. The molecule has 0 aliphatic rings. The standard InChI is InChI=1S/C32H27Cl2N5O2S/c1-2-3-4-8-17-41-25-14-11-21(12-15-25)29-22(20-38(36-29)24-9-6-5-7-10-24)18-28-31(40)39-32(42-28)35-30(37-39)26-16-13-23(33)19-27(26)34/h5-7,9-16,18-20H,2-4,8,17H2,1H3. The zero-order valence-electron chi connectivity index (χ0n) is 22.8. The van der Waals surface area contributed by atoms with Gasteiger partial charge < -0.3 is 4.74 Å². The van der Waals surface area contributed by atoms with Crippen LogP contribution < -0.4 is 14.8 Å². The Morgan fingerprint density at radius 3 is 2.50 bits per heavy atom. The van der Waals surface area contributed by atoms with Crippen molar-refractivity contribution in [3.05, 3.63) is 109 Å². The second-order valence-corrected chi connectivity index (χ2v) is 11.7. The van der Waals surface area contributed by atoms with Crippen LogP contribution in [0.4, 0.5) is 0 Å². The molecule has 0 unspecified atom stereocenters. The molecule has 0 aliphatic carbocycles. The van der Waals surface area contributed by atoms with Gasteiger partial charge in [-0.05, 0) is 67.1 Å². The predicted octanol–water partition coefficient (Wildman–Crippen LogP) is 7.48. The van der Waals surface area contributed by atoms with E-state index >= 15 is 0 Å². The second kappa shape index (κ2) is 12.5. The van der Waals surface area contributed by atoms with Gasteiger partial charge in [-0.15, -0.1) is 5.10 Å². The molecule has 0 saturated carbocycles. The molecular formula is C32H27Cl2N5O2S. The number of fused-ring (bicyclic) bond motifs is 1. The summed E-state index contributed by atoms with van der Waals surface area (Å²) in [5.74, 6) is 1.20. The first-order chi connectivity index (χ1) is 20.5. The van der Waals surface area contributed by atoms with E-state index in [2.05, 4.69) is 17.0 Å². The number of ether oxygens (including phenoxy) is 1. The highest BCUT2D eigenvalue weighted by Gasteiger charge is 2.16. The van der Waals surface area contributed by atoms with E-state index in [-0.39, 0.29) is 5.56 Å². The number of rotatable bonds is 10. The van der Waals surface area contributed by atoms with E-state index in [0.717, 1.165) is 34.7 Å². The van der Waals surface area contributed by atoms with Gasteiger partial charge in [-0.1, -0.05) is 78.9 Å². The summed E-state index contributed by atoms with van der Waals surface area (Å²) in [7, 11) is 0. The van der Waals surface area contributed by atoms with E-state index in [9.17, 15) is 4.79 Å². The lowest BCUT2D eigenvalue weighted by atomic mass is 10.1. The molecule has 0 spiro atoms. The van der Waals surface area contributed by atoms with Crippen LogP contribution in [0.2, 0.25) is 10.0 Å². The Morgan fingerprint density at radius 2 is 1.76 bits per heavy atom. The van der Waals surface area contributed by atoms with Crippen LogP contribution in [-0.4, -0.2) is 31.0 Å². The normalized spacial score (nSPS) is 11.9. The van der Waals surface area contributed by atoms with Gasteiger partial charge in [-0.3, -0.25) is 4.79 Å². The Kier molecular flexibility index (Phi) is 8.37. The number of thiazole rings is 1. The maximum atomic E-state index is 13.4. The molecule has 0 radical (unpaired) electrons. The Hall–Kier alpha value is -3.98. The van der Waals surface area contributed by atoms with Crippen LogP contribution in [0.15, 0.2) is 83.8 Å². The van der Waals surface area contributed by atoms with Gasteiger partial charge in [0.2, 0.25) is 4.96 Å². The van der Waals surface area contributed by atoms with Crippen molar-refractivity contribution in [3.63, 3.8) is 0 Å². The van der Waals surface area contributed by atoms with Crippen molar-refractivity contribution in [1.82, 2.24) is 24.4 Å². The first kappa shape index (κ1) is 28.2. The largest absolute Gasteiger partial charge is 0.494 e. The minimum Gasteiger partial charge on any atom is -0.494 e. The first-order valence-corrected chi connectivity index (χ1v) is 15.3. The summed E-state index contributed by atoms with van der Waals surface area (Å²) in [6, 6.07) is 22.9. The third-order valence-electron chi connectivity index (χ3n) is 6.80. The molecule has 0 atom stereocenters. The van der Waals surface area contributed by atoms with Gasteiger partial charge in [0.1, 0.15) is 11.4 Å². The number of nitrogens with zero attached hydrogens (tertiary/aromatic N) is 5. The molecular weight excluding hydrogens is 589 g/mol. The third-order valence-corrected chi connectivity index (χ3v) is 8.31. The molecule has 0 bridgehead atoms. The highest BCUT2D eigenvalue weighted by Crippen LogP contribution is 2.29. The third kappa shape index (κ3) is 5.97. The summed E-state index contributed by atoms with van der Waals surface area (Å²) in [5, 5.41) is 10.3. The van der Waals surface area contributed by atoms with Crippen molar-refractivity contribution in [3.8, 4) is 34.1 Å². The maximum absolute atomic E-state index is 13.4. The molecule has 0 fully saturated rings. The van der Waals surface area contributed by atoms with Gasteiger partial charge >= 0.3 is 0 Å². The molecule has 3 aromatic carbocycles. The van der Waals surface area contributed by atoms with Crippen LogP contribution in [0.1, 0.15) is 38.2 Å². The van der Waals surface area contributed by atoms with Crippen molar-refractivity contribution in [2.75, 3.05) is 6.61 Å². The van der Waals surface area contributed by atoms with Gasteiger partial charge in [0.25, 0.3) is 5.56 Å². The van der Waals surface area contributed by atoms with E-state index in [0.29, 0.717) is 37.5 Å². The lowest BCUT2D eigenvalue weighted by Crippen LogP contribution is -2.23. The SMILES string of the molecule is CCCCCCOc1ccc(-c2nn(-c3ccccc3)cc2C=c2sc3nc(-c4ccc(Cl)cc4Cl)nn3c2=O)cc1. The number of benzene rings is 3. The van der Waals surface area contributed by atoms with E-state index in [1.807, 2.05) is 71.6 Å². The summed E-state index contributed by atoms with van der Waals surface area (Å²) < 4.78 is 9.57. The number of unbranched alkanes of at least 4 members (excludes halogenated alkanes) is 3. The highest BCUT2D eigenvalue weighted by molar-refractivity contribution is 7.15. The molecule has 0 aliphatic heterocycles. The van der Waals surface area contributed by atoms with Gasteiger partial charge in [-0.25, -0.2) is 4.68 Å². The van der Waals surface area contributed by atoms with E-state index in [4.69, 9.17) is 33.0 Å². The fourth-order valence-electron chi connectivity index (χ4n) is 4.62. The van der Waals surface area contributed by atoms with Gasteiger partial charge in [0.15, 0.2) is 5.82 Å². The molecule has 3 aromatic heterocycles. The van der Waals surface area contributed by atoms with Gasteiger partial charge in [0, 0.05) is 27.9 Å². The molecule has 42 heavy (non-hydrogen) atoms. The van der Waals surface area contributed by atoms with Crippen molar-refractivity contribution in [1.29, 1.82) is 0 Å². The maximum Gasteiger partial charge on any atom is 0.291 e. The van der Waals surface area contributed by atoms with Gasteiger partial charge in [-0.2, -0.15) is 14.6 Å². The zero-order chi connectivity index (χ0) is 29.1. The predicted molar refractivity (Wildman–Crippen MR) is 170 cm³/mol. The number of halogens is 2. The molecule has 212 valence electrons. The van der Waals surface area contributed by atoms with Crippen LogP contribution in [0.3, 0.4) is 0 Å². The first-order valence-electron chi connectivity index (χ1n) is 13.7. The van der Waals surface area contributed by atoms with Crippen LogP contribution in [0, 0.1) is 0 Å². The average molecular weight is 617 g/mol. The number of hydrogen-bond acceptors (Lipinski definition) is 6. The van der Waals surface area contributed by atoms with Gasteiger partial charge in [0.05, 0.1) is 21.8 Å². The second-order valence-electron chi connectivity index (χ2n) is 9.82. The Labute approximate surface area is 256 Å². The summed E-state index contributed by atoms with van der Waals surface area (Å²) in [6.45, 7) is 2.90. The molecule has 6 aromatic rings. The molecule has 0 saturated heterocycles. The molecule has 0 N–H and O–H groups in total. The minimum atomic E-state index is -0.260. The van der Waals surface area contributed by atoms with Crippen LogP contribution in [-0.2, 0) is 0 Å². The number of hydrogen-bond donors (Lipinski definition) is 0. The lowest BCUT2D eigenvalue weighted by Gasteiger charge is -2.07. The Morgan fingerprint density at radius 1 is 0.952 bits per heavy atom.